The molecule has 0 aliphatic carbocycles. The normalized spacial score (nSPS) is 14.3. The van der Waals surface area contributed by atoms with E-state index in [9.17, 15) is 4.79 Å². The molecular formula is C14H7N3O. The van der Waals surface area contributed by atoms with Crippen LogP contribution < -0.4 is 10.7 Å². The monoisotopic (exact) mass is 233 g/mol. The lowest BCUT2D eigenvalue weighted by atomic mass is 10.0. The fourth-order valence-corrected chi connectivity index (χ4v) is 2.30. The van der Waals surface area contributed by atoms with E-state index in [4.69, 9.17) is 0 Å². The third-order valence-electron chi connectivity index (χ3n) is 3.09. The lowest BCUT2D eigenvalue weighted by molar-refractivity contribution is -0.111. The Morgan fingerprint density at radius 1 is 0.778 bits per heavy atom. The molecule has 0 N–H and O–H groups in total. The maximum absolute atomic E-state index is 11.3. The van der Waals surface area contributed by atoms with Crippen molar-refractivity contribution < 1.29 is 4.79 Å². The van der Waals surface area contributed by atoms with Crippen LogP contribution in [0.5, 0.6) is 0 Å². The number of para-hydroxylation sites is 1. The first kappa shape index (κ1) is 9.41. The fourth-order valence-electron chi connectivity index (χ4n) is 2.30. The Balaban J connectivity index is 2.17. The number of amides is 1. The summed E-state index contributed by atoms with van der Waals surface area (Å²) < 4.78 is 0. The van der Waals surface area contributed by atoms with Crippen LogP contribution in [0.3, 0.4) is 0 Å². The molecule has 0 saturated carbocycles. The smallest absolute Gasteiger partial charge is 0.266 e. The third-order valence-corrected chi connectivity index (χ3v) is 3.09. The third kappa shape index (κ3) is 1.14. The molecule has 4 rings (SSSR count). The first-order chi connectivity index (χ1) is 8.83. The standard InChI is InChI=1S/C14H7N3O/c18-12-7-15-11-6-5-9-8-3-1-2-4-10(8)16-13(9)14(11)17-12/h1-7H. The first-order valence-corrected chi connectivity index (χ1v) is 5.61. The summed E-state index contributed by atoms with van der Waals surface area (Å²) in [6.07, 6.45) is 1.23. The van der Waals surface area contributed by atoms with Crippen LogP contribution in [-0.2, 0) is 4.79 Å². The molecule has 2 aliphatic rings. The van der Waals surface area contributed by atoms with Crippen LogP contribution >= 0.6 is 0 Å². The molecule has 0 aromatic heterocycles. The average molecular weight is 233 g/mol. The topological polar surface area (TPSA) is 54.1 Å². The number of hydrogen-bond donors (Lipinski definition) is 0. The molecule has 0 saturated heterocycles. The van der Waals surface area contributed by atoms with Gasteiger partial charge in [0.05, 0.1) is 22.9 Å². The van der Waals surface area contributed by atoms with E-state index in [2.05, 4.69) is 15.0 Å². The highest BCUT2D eigenvalue weighted by Gasteiger charge is 2.17. The number of rotatable bonds is 0. The molecule has 84 valence electrons. The Morgan fingerprint density at radius 3 is 2.61 bits per heavy atom. The molecule has 0 spiro atoms. The second-order valence-electron chi connectivity index (χ2n) is 4.17. The Kier molecular flexibility index (Phi) is 1.67. The van der Waals surface area contributed by atoms with Gasteiger partial charge in [0.25, 0.3) is 5.91 Å². The van der Waals surface area contributed by atoms with E-state index in [0.29, 0.717) is 11.0 Å². The van der Waals surface area contributed by atoms with Crippen molar-refractivity contribution >= 4 is 23.5 Å². The maximum Gasteiger partial charge on any atom is 0.288 e. The van der Waals surface area contributed by atoms with Crippen LogP contribution in [0.15, 0.2) is 51.4 Å². The van der Waals surface area contributed by atoms with Gasteiger partial charge in [-0.1, -0.05) is 18.2 Å². The second kappa shape index (κ2) is 3.20. The maximum atomic E-state index is 11.3. The zero-order valence-electron chi connectivity index (χ0n) is 9.29. The van der Waals surface area contributed by atoms with Crippen molar-refractivity contribution in [2.24, 2.45) is 15.0 Å². The predicted octanol–water partition coefficient (Wildman–Crippen LogP) is 1.48. The molecule has 0 bridgehead atoms. The SMILES string of the molecule is O=C1C=Nc2ccc3c(c2=N1)=Nc1ccccc1-3. The van der Waals surface area contributed by atoms with Crippen molar-refractivity contribution in [3.8, 4) is 11.1 Å². The van der Waals surface area contributed by atoms with Gasteiger partial charge in [0.15, 0.2) is 0 Å². The van der Waals surface area contributed by atoms with E-state index in [1.165, 1.54) is 6.21 Å². The molecule has 1 amide bonds. The minimum Gasteiger partial charge on any atom is -0.266 e. The molecule has 2 aromatic carbocycles. The van der Waals surface area contributed by atoms with Crippen LogP contribution in [0.4, 0.5) is 11.4 Å². The van der Waals surface area contributed by atoms with Crippen molar-refractivity contribution in [1.29, 1.82) is 0 Å². The molecular weight excluding hydrogens is 226 g/mol. The number of benzene rings is 2. The quantitative estimate of drug-likeness (QED) is 0.580. The Labute approximate surface area is 102 Å². The van der Waals surface area contributed by atoms with E-state index >= 15 is 0 Å². The van der Waals surface area contributed by atoms with Crippen molar-refractivity contribution in [1.82, 2.24) is 0 Å². The zero-order valence-corrected chi connectivity index (χ0v) is 9.29. The van der Waals surface area contributed by atoms with Gasteiger partial charge in [0, 0.05) is 11.1 Å². The van der Waals surface area contributed by atoms with Gasteiger partial charge in [0.1, 0.15) is 5.36 Å². The number of nitrogens with zero attached hydrogens (tertiary/aromatic N) is 3. The van der Waals surface area contributed by atoms with E-state index in [-0.39, 0.29) is 5.91 Å². The molecule has 2 aromatic rings. The van der Waals surface area contributed by atoms with Crippen molar-refractivity contribution in [3.05, 3.63) is 47.1 Å². The zero-order chi connectivity index (χ0) is 12.1. The van der Waals surface area contributed by atoms with Crippen molar-refractivity contribution in [2.75, 3.05) is 0 Å². The summed E-state index contributed by atoms with van der Waals surface area (Å²) >= 11 is 0. The van der Waals surface area contributed by atoms with E-state index in [1.807, 2.05) is 36.4 Å². The minimum atomic E-state index is -0.331. The predicted molar refractivity (Wildman–Crippen MR) is 67.0 cm³/mol. The fraction of sp³-hybridized carbons (Fsp3) is 0. The van der Waals surface area contributed by atoms with Gasteiger partial charge in [-0.25, -0.2) is 15.0 Å². The molecule has 4 nitrogen and oxygen atoms in total. The highest BCUT2D eigenvalue weighted by atomic mass is 16.1. The molecule has 18 heavy (non-hydrogen) atoms. The molecule has 0 fully saturated rings. The second-order valence-corrected chi connectivity index (χ2v) is 4.17. The molecule has 2 aliphatic heterocycles. The Morgan fingerprint density at radius 2 is 1.67 bits per heavy atom. The number of hydrogen-bond acceptors (Lipinski definition) is 3. The number of aliphatic imine (C=N–C) groups is 1. The van der Waals surface area contributed by atoms with Crippen LogP contribution in [0.2, 0.25) is 0 Å². The van der Waals surface area contributed by atoms with E-state index < -0.39 is 0 Å². The highest BCUT2D eigenvalue weighted by Crippen LogP contribution is 2.31. The van der Waals surface area contributed by atoms with Crippen LogP contribution in [-0.4, -0.2) is 12.1 Å². The van der Waals surface area contributed by atoms with Gasteiger partial charge in [-0.3, -0.25) is 4.79 Å². The van der Waals surface area contributed by atoms with Gasteiger partial charge in [-0.2, -0.15) is 0 Å². The number of carbonyl (C=O) groups is 1. The molecule has 0 unspecified atom stereocenters. The Bertz CT molecular complexity index is 850. The van der Waals surface area contributed by atoms with Crippen LogP contribution in [0.1, 0.15) is 0 Å². The van der Waals surface area contributed by atoms with Crippen molar-refractivity contribution in [2.45, 2.75) is 0 Å². The molecule has 0 atom stereocenters. The summed E-state index contributed by atoms with van der Waals surface area (Å²) in [7, 11) is 0. The number of fused-ring (bicyclic) bond motifs is 5. The lowest BCUT2D eigenvalue weighted by Crippen LogP contribution is -2.29. The summed E-state index contributed by atoms with van der Waals surface area (Å²) in [6.45, 7) is 0. The van der Waals surface area contributed by atoms with Gasteiger partial charge >= 0.3 is 0 Å². The lowest BCUT2D eigenvalue weighted by Gasteiger charge is -2.02. The largest absolute Gasteiger partial charge is 0.288 e. The summed E-state index contributed by atoms with van der Waals surface area (Å²) in [5.74, 6) is -0.331. The van der Waals surface area contributed by atoms with Crippen molar-refractivity contribution in [3.63, 3.8) is 0 Å². The highest BCUT2D eigenvalue weighted by molar-refractivity contribution is 6.27. The van der Waals surface area contributed by atoms with Gasteiger partial charge in [-0.15, -0.1) is 0 Å². The minimum absolute atomic E-state index is 0.331. The molecule has 0 radical (unpaired) electrons. The van der Waals surface area contributed by atoms with Gasteiger partial charge in [-0.05, 0) is 18.2 Å². The van der Waals surface area contributed by atoms with Gasteiger partial charge < -0.3 is 0 Å². The summed E-state index contributed by atoms with van der Waals surface area (Å²) in [6, 6.07) is 11.7. The first-order valence-electron chi connectivity index (χ1n) is 5.61. The summed E-state index contributed by atoms with van der Waals surface area (Å²) in [4.78, 5) is 24.0. The van der Waals surface area contributed by atoms with E-state index in [1.54, 1.807) is 0 Å². The Hall–Kier alpha value is -2.62. The van der Waals surface area contributed by atoms with Crippen LogP contribution in [0, 0.1) is 0 Å². The molecule has 2 heterocycles. The van der Waals surface area contributed by atoms with Crippen LogP contribution in [0.25, 0.3) is 11.1 Å². The summed E-state index contributed by atoms with van der Waals surface area (Å²) in [5, 5.41) is 1.33. The molecule has 4 heteroatoms. The van der Waals surface area contributed by atoms with Gasteiger partial charge in [0.2, 0.25) is 0 Å². The summed E-state index contributed by atoms with van der Waals surface area (Å²) in [5.41, 5.74) is 3.70. The number of carbonyl (C=O) groups excluding carboxylic acids is 1. The average Bonchev–Trinajstić information content (AvgIpc) is 2.78. The van der Waals surface area contributed by atoms with E-state index in [0.717, 1.165) is 22.2 Å².